The first-order valence-electron chi connectivity index (χ1n) is 8.84. The molecular formula is C20H15Cl3N6S. The van der Waals surface area contributed by atoms with E-state index in [2.05, 4.69) is 20.4 Å². The molecule has 0 spiro atoms. The van der Waals surface area contributed by atoms with Crippen LogP contribution in [0.5, 0.6) is 0 Å². The minimum atomic E-state index is 0.446. The fourth-order valence-electron chi connectivity index (χ4n) is 2.68. The van der Waals surface area contributed by atoms with Gasteiger partial charge in [-0.05, 0) is 42.8 Å². The molecule has 4 rings (SSSR count). The molecule has 4 aromatic rings. The van der Waals surface area contributed by atoms with Crippen molar-refractivity contribution in [2.24, 2.45) is 5.10 Å². The molecule has 2 aromatic carbocycles. The van der Waals surface area contributed by atoms with Crippen molar-refractivity contribution in [3.63, 3.8) is 0 Å². The van der Waals surface area contributed by atoms with Crippen LogP contribution >= 0.6 is 46.6 Å². The number of rotatable bonds is 6. The maximum atomic E-state index is 6.56. The van der Waals surface area contributed by atoms with Gasteiger partial charge in [-0.2, -0.15) is 14.9 Å². The maximum Gasteiger partial charge on any atom is 0.212 e. The smallest absolute Gasteiger partial charge is 0.212 e. The van der Waals surface area contributed by atoms with Gasteiger partial charge in [0, 0.05) is 15.8 Å². The number of thioether (sulfide) groups is 1. The second-order valence-corrected chi connectivity index (χ2v) is 8.47. The predicted octanol–water partition coefficient (Wildman–Crippen LogP) is 5.91. The SMILES string of the molecule is Cc1nn(-c2cccc(Cl)c2)c(Cl)c1/C=N/n1cnnc1SCc1ccc(Cl)cc1. The number of hydrogen-bond acceptors (Lipinski definition) is 5. The minimum Gasteiger partial charge on any atom is -0.221 e. The van der Waals surface area contributed by atoms with E-state index in [4.69, 9.17) is 34.8 Å². The summed E-state index contributed by atoms with van der Waals surface area (Å²) in [6.07, 6.45) is 3.20. The normalized spacial score (nSPS) is 11.5. The quantitative estimate of drug-likeness (QED) is 0.256. The fourth-order valence-corrected chi connectivity index (χ4v) is 4.13. The van der Waals surface area contributed by atoms with E-state index in [1.807, 2.05) is 43.3 Å². The van der Waals surface area contributed by atoms with Gasteiger partial charge < -0.3 is 0 Å². The van der Waals surface area contributed by atoms with Crippen LogP contribution in [0.4, 0.5) is 0 Å². The third-order valence-electron chi connectivity index (χ3n) is 4.19. The van der Waals surface area contributed by atoms with Gasteiger partial charge >= 0.3 is 0 Å². The second-order valence-electron chi connectivity index (χ2n) is 6.30. The van der Waals surface area contributed by atoms with Gasteiger partial charge in [-0.15, -0.1) is 10.2 Å². The Labute approximate surface area is 192 Å². The summed E-state index contributed by atoms with van der Waals surface area (Å²) >= 11 is 20.1. The van der Waals surface area contributed by atoms with E-state index in [9.17, 15) is 0 Å². The molecule has 0 amide bonds. The van der Waals surface area contributed by atoms with Gasteiger partial charge in [0.05, 0.1) is 23.2 Å². The lowest BCUT2D eigenvalue weighted by atomic mass is 10.2. The fraction of sp³-hybridized carbons (Fsp3) is 0.100. The molecule has 0 aliphatic rings. The molecule has 2 heterocycles. The average molecular weight is 478 g/mol. The molecule has 0 bridgehead atoms. The lowest BCUT2D eigenvalue weighted by molar-refractivity contribution is 0.767. The second kappa shape index (κ2) is 9.22. The zero-order valence-electron chi connectivity index (χ0n) is 15.7. The summed E-state index contributed by atoms with van der Waals surface area (Å²) in [4.78, 5) is 0. The molecule has 0 saturated heterocycles. The monoisotopic (exact) mass is 476 g/mol. The third-order valence-corrected chi connectivity index (χ3v) is 6.05. The first-order chi connectivity index (χ1) is 14.5. The Kier molecular flexibility index (Phi) is 6.43. The maximum absolute atomic E-state index is 6.56. The van der Waals surface area contributed by atoms with Crippen molar-refractivity contribution in [1.82, 2.24) is 24.7 Å². The Balaban J connectivity index is 1.54. The summed E-state index contributed by atoms with van der Waals surface area (Å²) in [5.74, 6) is 0.720. The molecule has 10 heteroatoms. The summed E-state index contributed by atoms with van der Waals surface area (Å²) < 4.78 is 3.24. The highest BCUT2D eigenvalue weighted by Gasteiger charge is 2.14. The first-order valence-corrected chi connectivity index (χ1v) is 11.0. The molecule has 152 valence electrons. The Morgan fingerprint density at radius 3 is 2.63 bits per heavy atom. The topological polar surface area (TPSA) is 60.9 Å². The summed E-state index contributed by atoms with van der Waals surface area (Å²) in [7, 11) is 0. The van der Waals surface area contributed by atoms with Gasteiger partial charge in [-0.3, -0.25) is 0 Å². The molecule has 30 heavy (non-hydrogen) atoms. The molecular weight excluding hydrogens is 463 g/mol. The average Bonchev–Trinajstić information content (AvgIpc) is 3.30. The lowest BCUT2D eigenvalue weighted by Crippen LogP contribution is -1.96. The number of nitrogens with zero attached hydrogens (tertiary/aromatic N) is 6. The third kappa shape index (κ3) is 4.70. The van der Waals surface area contributed by atoms with Crippen molar-refractivity contribution in [3.8, 4) is 5.69 Å². The Bertz CT molecular complexity index is 1200. The van der Waals surface area contributed by atoms with Gasteiger partial charge in [0.25, 0.3) is 0 Å². The van der Waals surface area contributed by atoms with Crippen molar-refractivity contribution in [1.29, 1.82) is 0 Å². The van der Waals surface area contributed by atoms with Crippen molar-refractivity contribution in [3.05, 3.63) is 86.9 Å². The van der Waals surface area contributed by atoms with E-state index in [1.165, 1.54) is 11.8 Å². The molecule has 0 fully saturated rings. The van der Waals surface area contributed by atoms with Crippen LogP contribution in [-0.4, -0.2) is 30.9 Å². The molecule has 0 aliphatic carbocycles. The Hall–Kier alpha value is -2.32. The molecule has 0 atom stereocenters. The minimum absolute atomic E-state index is 0.446. The van der Waals surface area contributed by atoms with Crippen molar-refractivity contribution in [2.45, 2.75) is 17.8 Å². The highest BCUT2D eigenvalue weighted by atomic mass is 35.5. The van der Waals surface area contributed by atoms with Crippen LogP contribution in [0.3, 0.4) is 0 Å². The Morgan fingerprint density at radius 1 is 1.07 bits per heavy atom. The Morgan fingerprint density at radius 2 is 1.87 bits per heavy atom. The first kappa shape index (κ1) is 20.9. The largest absolute Gasteiger partial charge is 0.221 e. The summed E-state index contributed by atoms with van der Waals surface area (Å²) in [5, 5.41) is 19.5. The molecule has 2 aromatic heterocycles. The van der Waals surface area contributed by atoms with Crippen molar-refractivity contribution >= 4 is 52.8 Å². The molecule has 0 N–H and O–H groups in total. The highest BCUT2D eigenvalue weighted by molar-refractivity contribution is 7.98. The molecule has 0 aliphatic heterocycles. The van der Waals surface area contributed by atoms with E-state index in [0.29, 0.717) is 25.9 Å². The van der Waals surface area contributed by atoms with Crippen LogP contribution in [0.2, 0.25) is 15.2 Å². The van der Waals surface area contributed by atoms with E-state index in [1.54, 1.807) is 34.0 Å². The molecule has 6 nitrogen and oxygen atoms in total. The molecule has 0 saturated carbocycles. The van der Waals surface area contributed by atoms with Crippen molar-refractivity contribution < 1.29 is 0 Å². The number of aryl methyl sites for hydroxylation is 1. The molecule has 0 radical (unpaired) electrons. The van der Waals surface area contributed by atoms with Crippen LogP contribution in [-0.2, 0) is 5.75 Å². The summed E-state index contributed by atoms with van der Waals surface area (Å²) in [6.45, 7) is 1.87. The van der Waals surface area contributed by atoms with Gasteiger partial charge in [0.2, 0.25) is 5.16 Å². The summed E-state index contributed by atoms with van der Waals surface area (Å²) in [5.41, 5.74) is 3.36. The van der Waals surface area contributed by atoms with Crippen LogP contribution in [0.25, 0.3) is 5.69 Å². The standard InChI is InChI=1S/C20H15Cl3N6S/c1-13-18(19(23)29(27-13)17-4-2-3-16(22)9-17)10-25-28-12-24-26-20(28)30-11-14-5-7-15(21)8-6-14/h2-10,12H,11H2,1H3/b25-10+. The van der Waals surface area contributed by atoms with Gasteiger partial charge in [0.1, 0.15) is 11.5 Å². The van der Waals surface area contributed by atoms with E-state index < -0.39 is 0 Å². The van der Waals surface area contributed by atoms with Crippen LogP contribution in [0.15, 0.2) is 65.1 Å². The number of halogens is 3. The highest BCUT2D eigenvalue weighted by Crippen LogP contribution is 2.25. The van der Waals surface area contributed by atoms with E-state index >= 15 is 0 Å². The van der Waals surface area contributed by atoms with E-state index in [-0.39, 0.29) is 0 Å². The molecule has 0 unspecified atom stereocenters. The lowest BCUT2D eigenvalue weighted by Gasteiger charge is -2.03. The summed E-state index contributed by atoms with van der Waals surface area (Å²) in [6, 6.07) is 15.0. The van der Waals surface area contributed by atoms with Crippen molar-refractivity contribution in [2.75, 3.05) is 0 Å². The van der Waals surface area contributed by atoms with Gasteiger partial charge in [0.15, 0.2) is 0 Å². The number of hydrogen-bond donors (Lipinski definition) is 0. The predicted molar refractivity (Wildman–Crippen MR) is 122 cm³/mol. The van der Waals surface area contributed by atoms with Gasteiger partial charge in [-0.1, -0.05) is 64.8 Å². The number of benzene rings is 2. The van der Waals surface area contributed by atoms with Gasteiger partial charge in [-0.25, -0.2) is 4.68 Å². The number of aromatic nitrogens is 5. The van der Waals surface area contributed by atoms with Crippen LogP contribution in [0, 0.1) is 6.92 Å². The van der Waals surface area contributed by atoms with E-state index in [0.717, 1.165) is 22.7 Å². The zero-order chi connectivity index (χ0) is 21.1. The van der Waals surface area contributed by atoms with Crippen LogP contribution in [0.1, 0.15) is 16.8 Å². The zero-order valence-corrected chi connectivity index (χ0v) is 18.8. The van der Waals surface area contributed by atoms with Crippen LogP contribution < -0.4 is 0 Å².